The quantitative estimate of drug-likeness (QED) is 0.173. The van der Waals surface area contributed by atoms with Crippen molar-refractivity contribution in [1.29, 1.82) is 0 Å². The Balaban J connectivity index is 1.52. The van der Waals surface area contributed by atoms with Gasteiger partial charge in [-0.25, -0.2) is 0 Å². The lowest BCUT2D eigenvalue weighted by Gasteiger charge is -2.66. The molecule has 0 amide bonds. The SMILES string of the molecule is C=C1OC2=C[C@@H](C)[C@H]3[C@@H]([C@H](OC(C)=O)[C@H]4[C@H]5C(C(C)[C@H](OC(C)=O)[C@]34C)[C@]3(C)[C@H](C[C@@H]4O[C@@H]4[C@@H]3OC(C)=O)C(=O)C5(O)O)[C@@]2(C)[C@]1(C)O. The maximum atomic E-state index is 14.5. The monoisotopic (exact) mass is 672 g/mol. The Morgan fingerprint density at radius 1 is 0.833 bits per heavy atom. The first kappa shape index (κ1) is 33.7. The molecule has 12 heteroatoms. The molecule has 264 valence electrons. The lowest BCUT2D eigenvalue weighted by molar-refractivity contribution is -0.313. The Hall–Kier alpha value is -2.80. The van der Waals surface area contributed by atoms with Crippen molar-refractivity contribution in [2.24, 2.45) is 63.6 Å². The fourth-order valence-electron chi connectivity index (χ4n) is 12.6. The largest absolute Gasteiger partial charge is 0.463 e. The third kappa shape index (κ3) is 3.80. The molecular formula is C36H48O12. The van der Waals surface area contributed by atoms with E-state index in [-0.39, 0.29) is 24.2 Å². The molecule has 48 heavy (non-hydrogen) atoms. The van der Waals surface area contributed by atoms with E-state index in [1.54, 1.807) is 6.92 Å². The number of ketones is 1. The smallest absolute Gasteiger partial charge is 0.303 e. The molecule has 2 unspecified atom stereocenters. The molecule has 12 nitrogen and oxygen atoms in total. The van der Waals surface area contributed by atoms with E-state index < -0.39 is 117 Å². The van der Waals surface area contributed by atoms with Crippen LogP contribution in [0.3, 0.4) is 0 Å². The van der Waals surface area contributed by atoms with Gasteiger partial charge in [0.05, 0.1) is 11.5 Å². The fourth-order valence-corrected chi connectivity index (χ4v) is 12.6. The van der Waals surface area contributed by atoms with Crippen molar-refractivity contribution in [1.82, 2.24) is 0 Å². The number of ether oxygens (including phenoxy) is 5. The Kier molecular flexibility index (Phi) is 6.96. The summed E-state index contributed by atoms with van der Waals surface area (Å²) in [7, 11) is 0. The van der Waals surface area contributed by atoms with E-state index >= 15 is 0 Å². The third-order valence-electron chi connectivity index (χ3n) is 14.4. The van der Waals surface area contributed by atoms with Gasteiger partial charge >= 0.3 is 17.9 Å². The van der Waals surface area contributed by atoms with Crippen molar-refractivity contribution < 1.29 is 58.2 Å². The molecule has 3 N–H and O–H groups in total. The van der Waals surface area contributed by atoms with Crippen LogP contribution in [0, 0.1) is 63.6 Å². The van der Waals surface area contributed by atoms with Crippen LogP contribution in [-0.4, -0.2) is 80.9 Å². The summed E-state index contributed by atoms with van der Waals surface area (Å²) in [5.74, 6) is -11.0. The lowest BCUT2D eigenvalue weighted by Crippen LogP contribution is -2.76. The predicted octanol–water partition coefficient (Wildman–Crippen LogP) is 2.42. The average molecular weight is 673 g/mol. The van der Waals surface area contributed by atoms with E-state index in [1.807, 2.05) is 40.7 Å². The van der Waals surface area contributed by atoms with Gasteiger partial charge in [-0.2, -0.15) is 0 Å². The summed E-state index contributed by atoms with van der Waals surface area (Å²) in [6.45, 7) is 18.9. The molecule has 0 spiro atoms. The van der Waals surface area contributed by atoms with E-state index in [0.717, 1.165) is 0 Å². The highest BCUT2D eigenvalue weighted by atomic mass is 16.6. The second kappa shape index (κ2) is 9.92. The highest BCUT2D eigenvalue weighted by Gasteiger charge is 2.84. The molecule has 6 fully saturated rings. The maximum absolute atomic E-state index is 14.5. The van der Waals surface area contributed by atoms with Gasteiger partial charge in [0, 0.05) is 55.3 Å². The average Bonchev–Trinajstić information content (AvgIpc) is 3.65. The van der Waals surface area contributed by atoms with Gasteiger partial charge in [-0.3, -0.25) is 19.2 Å². The van der Waals surface area contributed by atoms with Crippen LogP contribution in [-0.2, 0) is 42.9 Å². The topological polar surface area (TPSA) is 178 Å². The van der Waals surface area contributed by atoms with E-state index in [4.69, 9.17) is 23.7 Å². The standard InChI is InChI=1S/C36H48O12/c1-13-11-21-34(9,35(10,41)15(3)44-21)26-22(13)33(8)25(28(26)45-16(4)37)24-23(14(2)30(33)46-17(5)38)32(7)19(29(40)36(24,42)43)12-20-27(48-20)31(32)47-18(6)39/h11,13-14,19-20,22-28,30-31,41-43H,3,12H2,1-2,4-10H3/t13-,14?,19-,20+,22+,23?,24-,25-,26+,27+,28-,30+,31+,32+,33-,34+,35-/m1/s1. The lowest BCUT2D eigenvalue weighted by atomic mass is 9.39. The number of epoxide rings is 1. The van der Waals surface area contributed by atoms with Crippen molar-refractivity contribution >= 4 is 23.7 Å². The van der Waals surface area contributed by atoms with E-state index in [2.05, 4.69) is 6.58 Å². The van der Waals surface area contributed by atoms with Crippen LogP contribution < -0.4 is 0 Å². The number of fused-ring (bicyclic) bond motifs is 10. The summed E-state index contributed by atoms with van der Waals surface area (Å²) < 4.78 is 30.6. The van der Waals surface area contributed by atoms with Crippen molar-refractivity contribution in [3.8, 4) is 0 Å². The molecule has 5 aliphatic carbocycles. The fraction of sp³-hybridized carbons (Fsp3) is 0.778. The molecule has 0 aromatic heterocycles. The molecule has 4 saturated carbocycles. The second-order valence-corrected chi connectivity index (χ2v) is 16.6. The summed E-state index contributed by atoms with van der Waals surface area (Å²) in [5, 5.41) is 36.6. The van der Waals surface area contributed by atoms with Gasteiger partial charge in [0.25, 0.3) is 0 Å². The number of hydrogen-bond donors (Lipinski definition) is 3. The summed E-state index contributed by atoms with van der Waals surface area (Å²) in [6.07, 6.45) is -1.61. The first-order valence-electron chi connectivity index (χ1n) is 17.1. The van der Waals surface area contributed by atoms with Gasteiger partial charge in [-0.05, 0) is 50.0 Å². The molecule has 7 rings (SSSR count). The van der Waals surface area contributed by atoms with Crippen LogP contribution in [0.15, 0.2) is 24.2 Å². The minimum Gasteiger partial charge on any atom is -0.463 e. The van der Waals surface area contributed by atoms with E-state index in [9.17, 15) is 34.5 Å². The number of rotatable bonds is 3. The number of esters is 3. The Labute approximate surface area is 280 Å². The van der Waals surface area contributed by atoms with Gasteiger partial charge in [0.1, 0.15) is 41.5 Å². The number of Topliss-reactive ketones (excluding diaryl/α,β-unsaturated/α-hetero) is 1. The molecule has 2 saturated heterocycles. The van der Waals surface area contributed by atoms with Crippen LogP contribution in [0.5, 0.6) is 0 Å². The van der Waals surface area contributed by atoms with Gasteiger partial charge in [-0.15, -0.1) is 0 Å². The molecule has 17 atom stereocenters. The number of carbonyl (C=O) groups excluding carboxylic acids is 4. The van der Waals surface area contributed by atoms with Crippen molar-refractivity contribution in [2.45, 2.75) is 111 Å². The van der Waals surface area contributed by atoms with Crippen molar-refractivity contribution in [3.05, 3.63) is 24.2 Å². The van der Waals surface area contributed by atoms with Gasteiger partial charge < -0.3 is 39.0 Å². The number of hydrogen-bond acceptors (Lipinski definition) is 12. The van der Waals surface area contributed by atoms with Gasteiger partial charge in [-0.1, -0.05) is 34.3 Å². The summed E-state index contributed by atoms with van der Waals surface area (Å²) in [5.41, 5.74) is -5.15. The number of aliphatic hydroxyl groups is 3. The van der Waals surface area contributed by atoms with Crippen LogP contribution >= 0.6 is 0 Å². The summed E-state index contributed by atoms with van der Waals surface area (Å²) >= 11 is 0. The predicted molar refractivity (Wildman–Crippen MR) is 165 cm³/mol. The zero-order valence-corrected chi connectivity index (χ0v) is 29.0. The van der Waals surface area contributed by atoms with E-state index in [0.29, 0.717) is 5.76 Å². The normalized spacial score (nSPS) is 53.8. The number of allylic oxidation sites excluding steroid dienone is 1. The van der Waals surface area contributed by atoms with Crippen LogP contribution in [0.4, 0.5) is 0 Å². The van der Waals surface area contributed by atoms with E-state index in [1.165, 1.54) is 20.8 Å². The Morgan fingerprint density at radius 3 is 2.00 bits per heavy atom. The molecule has 0 radical (unpaired) electrons. The Bertz CT molecular complexity index is 1550. The van der Waals surface area contributed by atoms with Crippen LogP contribution in [0.2, 0.25) is 0 Å². The second-order valence-electron chi connectivity index (χ2n) is 16.6. The van der Waals surface area contributed by atoms with Gasteiger partial charge in [0.2, 0.25) is 5.79 Å². The summed E-state index contributed by atoms with van der Waals surface area (Å²) in [6, 6.07) is 0. The van der Waals surface area contributed by atoms with Crippen LogP contribution in [0.25, 0.3) is 0 Å². The number of carbonyl (C=O) groups is 4. The molecule has 0 aromatic rings. The zero-order chi connectivity index (χ0) is 35.4. The van der Waals surface area contributed by atoms with Crippen molar-refractivity contribution in [3.63, 3.8) is 0 Å². The minimum absolute atomic E-state index is 0.126. The zero-order valence-electron chi connectivity index (χ0n) is 29.0. The first-order valence-corrected chi connectivity index (χ1v) is 17.1. The first-order chi connectivity index (χ1) is 22.1. The van der Waals surface area contributed by atoms with Gasteiger partial charge in [0.15, 0.2) is 5.78 Å². The highest BCUT2D eigenvalue weighted by Crippen LogP contribution is 2.77. The minimum atomic E-state index is -2.90. The molecule has 0 aromatic carbocycles. The highest BCUT2D eigenvalue weighted by molar-refractivity contribution is 5.90. The van der Waals surface area contributed by atoms with Crippen LogP contribution in [0.1, 0.15) is 68.7 Å². The maximum Gasteiger partial charge on any atom is 0.303 e. The third-order valence-corrected chi connectivity index (χ3v) is 14.4. The van der Waals surface area contributed by atoms with Crippen molar-refractivity contribution in [2.75, 3.05) is 0 Å². The molecule has 2 heterocycles. The molecule has 7 aliphatic rings. The molecular weight excluding hydrogens is 624 g/mol. The molecule has 2 aliphatic heterocycles. The summed E-state index contributed by atoms with van der Waals surface area (Å²) in [4.78, 5) is 53.2. The Morgan fingerprint density at radius 2 is 1.42 bits per heavy atom. The molecule has 0 bridgehead atoms.